The zero-order valence-electron chi connectivity index (χ0n) is 39.4. The standard InChI is InChI=1S/C51H54N3O16S/c1-32-29-54(46-26-41(56)43(30-55)69-46,49(58)52(48(32)57)28-33-15-20-39(66-4)25-42(33)67-5)47-27-50(59,71(62,63)44-14-10-9-13-40(44)53(60)61)45(70-47)31-68-51(34-11-7-6-8-12-34,35-16-21-37(64-2)22-17-35)36-18-23-38(65-3)24-19-36/h6-25,29,41,43,45-47,55-56,59H,26-28,30-31H2,1-5H3/q+1/t41-,43+,45+,46+,47+,50-,54?/m0/s1. The zero-order chi connectivity index (χ0) is 50.9. The summed E-state index contributed by atoms with van der Waals surface area (Å²) < 4.78 is 71.7. The first kappa shape index (κ1) is 50.6. The maximum atomic E-state index is 15.7. The van der Waals surface area contributed by atoms with Gasteiger partial charge >= 0.3 is 6.03 Å². The lowest BCUT2D eigenvalue weighted by molar-refractivity contribution is -0.900. The molecule has 20 heteroatoms. The molecule has 0 aliphatic carbocycles. The predicted octanol–water partition coefficient (Wildman–Crippen LogP) is 5.57. The molecule has 1 unspecified atom stereocenters. The Kier molecular flexibility index (Phi) is 14.4. The summed E-state index contributed by atoms with van der Waals surface area (Å²) in [5.41, 5.74) is -0.531. The largest absolute Gasteiger partial charge is 0.497 e. The number of quaternary nitrogens is 1. The number of amides is 3. The first-order valence-corrected chi connectivity index (χ1v) is 23.9. The van der Waals surface area contributed by atoms with Gasteiger partial charge in [-0.15, -0.1) is 0 Å². The van der Waals surface area contributed by atoms with E-state index in [-0.39, 0.29) is 17.7 Å². The highest BCUT2D eigenvalue weighted by Crippen LogP contribution is 2.50. The van der Waals surface area contributed by atoms with Crippen LogP contribution in [-0.4, -0.2) is 127 Å². The SMILES string of the molecule is COc1ccc(C(OC[C@H]2O[C@@H]([N+]3([C@H]4C[C@H](O)[C@@H](CO)O4)C=C(C)C(=O)N(Cc4ccc(OC)cc4OC)C3=O)C[C@]2(O)S(=O)(=O)c2ccccc2[N+](=O)[O-])(c2ccccc2)c2ccc(OC)cc2)cc1. The van der Waals surface area contributed by atoms with E-state index in [0.717, 1.165) is 17.0 Å². The molecule has 0 radical (unpaired) electrons. The number of sulfone groups is 1. The number of ether oxygens (including phenoxy) is 7. The van der Waals surface area contributed by atoms with Crippen molar-refractivity contribution >= 4 is 27.5 Å². The van der Waals surface area contributed by atoms with Crippen molar-refractivity contribution in [3.05, 3.63) is 165 Å². The van der Waals surface area contributed by atoms with E-state index in [2.05, 4.69) is 0 Å². The molecule has 7 atom stereocenters. The number of carbonyl (C=O) groups is 2. The summed E-state index contributed by atoms with van der Waals surface area (Å²) in [5, 5.41) is 47.3. The monoisotopic (exact) mass is 996 g/mol. The van der Waals surface area contributed by atoms with Gasteiger partial charge in [0.25, 0.3) is 11.6 Å². The van der Waals surface area contributed by atoms with Crippen molar-refractivity contribution in [2.75, 3.05) is 41.7 Å². The number of rotatable bonds is 18. The lowest BCUT2D eigenvalue weighted by Crippen LogP contribution is -2.68. The number of nitro groups is 1. The van der Waals surface area contributed by atoms with E-state index in [1.54, 1.807) is 97.1 Å². The van der Waals surface area contributed by atoms with Crippen LogP contribution >= 0.6 is 0 Å². The summed E-state index contributed by atoms with van der Waals surface area (Å²) in [4.78, 5) is 38.4. The number of urea groups is 1. The highest BCUT2D eigenvalue weighted by Gasteiger charge is 2.69. The van der Waals surface area contributed by atoms with Gasteiger partial charge in [-0.25, -0.2) is 18.1 Å². The number of imide groups is 1. The second-order valence-corrected chi connectivity index (χ2v) is 19.4. The fourth-order valence-electron chi connectivity index (χ4n) is 9.71. The van der Waals surface area contributed by atoms with Crippen LogP contribution in [-0.2, 0) is 41.0 Å². The Labute approximate surface area is 409 Å². The molecule has 3 aliphatic rings. The summed E-state index contributed by atoms with van der Waals surface area (Å²) >= 11 is 0. The maximum absolute atomic E-state index is 15.7. The smallest absolute Gasteiger partial charge is 0.435 e. The van der Waals surface area contributed by atoms with E-state index in [4.69, 9.17) is 33.2 Å². The molecule has 0 aromatic heterocycles. The van der Waals surface area contributed by atoms with E-state index in [9.17, 15) is 30.2 Å². The van der Waals surface area contributed by atoms with E-state index in [1.165, 1.54) is 53.7 Å². The molecule has 3 N–H and O–H groups in total. The van der Waals surface area contributed by atoms with Gasteiger partial charge in [0.1, 0.15) is 51.9 Å². The summed E-state index contributed by atoms with van der Waals surface area (Å²) in [5.74, 6) is 0.973. The normalized spacial score (nSPS) is 24.6. The molecule has 71 heavy (non-hydrogen) atoms. The van der Waals surface area contributed by atoms with Crippen LogP contribution in [0, 0.1) is 10.1 Å². The van der Waals surface area contributed by atoms with Crippen molar-refractivity contribution in [2.45, 2.75) is 72.5 Å². The number of aliphatic hydroxyl groups excluding tert-OH is 2. The number of para-hydroxylation sites is 1. The molecule has 5 aromatic rings. The van der Waals surface area contributed by atoms with Gasteiger partial charge in [-0.05, 0) is 66.1 Å². The number of nitro benzene ring substituents is 1. The topological polar surface area (TPSA) is 240 Å². The molecule has 3 heterocycles. The number of aliphatic hydroxyl groups is 3. The van der Waals surface area contributed by atoms with E-state index in [1.807, 2.05) is 0 Å². The van der Waals surface area contributed by atoms with Gasteiger partial charge in [0.05, 0.1) is 77.6 Å². The second kappa shape index (κ2) is 20.2. The fraction of sp³-hybridized carbons (Fsp3) is 0.333. The number of hydrogen-bond acceptors (Lipinski definition) is 16. The summed E-state index contributed by atoms with van der Waals surface area (Å²) in [6.45, 7) is -0.416. The Balaban J connectivity index is 1.33. The quantitative estimate of drug-likeness (QED) is 0.0421. The van der Waals surface area contributed by atoms with Gasteiger partial charge in [0.15, 0.2) is 0 Å². The van der Waals surface area contributed by atoms with Gasteiger partial charge in [-0.2, -0.15) is 4.48 Å². The number of carbonyl (C=O) groups excluding carboxylic acids is 2. The molecule has 0 saturated carbocycles. The highest BCUT2D eigenvalue weighted by molar-refractivity contribution is 7.92. The van der Waals surface area contributed by atoms with Crippen LogP contribution in [0.1, 0.15) is 42.0 Å². The van der Waals surface area contributed by atoms with Crippen LogP contribution in [0.4, 0.5) is 10.5 Å². The third kappa shape index (κ3) is 8.80. The predicted molar refractivity (Wildman–Crippen MR) is 253 cm³/mol. The molecular formula is C51H54N3O16S+. The number of benzene rings is 5. The highest BCUT2D eigenvalue weighted by atomic mass is 32.2. The minimum Gasteiger partial charge on any atom is -0.497 e. The number of nitrogens with zero attached hydrogens (tertiary/aromatic N) is 3. The van der Waals surface area contributed by atoms with Crippen LogP contribution in [0.2, 0.25) is 0 Å². The van der Waals surface area contributed by atoms with Gasteiger partial charge in [0.2, 0.25) is 27.2 Å². The van der Waals surface area contributed by atoms with Crippen LogP contribution in [0.5, 0.6) is 23.0 Å². The van der Waals surface area contributed by atoms with E-state index in [0.29, 0.717) is 39.5 Å². The van der Waals surface area contributed by atoms with Gasteiger partial charge in [-0.3, -0.25) is 14.9 Å². The molecule has 374 valence electrons. The first-order valence-electron chi connectivity index (χ1n) is 22.5. The minimum absolute atomic E-state index is 0.0295. The Hall–Kier alpha value is -6.75. The van der Waals surface area contributed by atoms with Gasteiger partial charge < -0.3 is 48.5 Å². The Morgan fingerprint density at radius 2 is 1.38 bits per heavy atom. The average molecular weight is 997 g/mol. The first-order chi connectivity index (χ1) is 34.0. The molecule has 3 amide bonds. The Morgan fingerprint density at radius 3 is 1.94 bits per heavy atom. The molecule has 8 rings (SSSR count). The zero-order valence-corrected chi connectivity index (χ0v) is 40.3. The number of methoxy groups -OCH3 is 4. The van der Waals surface area contributed by atoms with Crippen LogP contribution in [0.3, 0.4) is 0 Å². The summed E-state index contributed by atoms with van der Waals surface area (Å²) in [6.07, 6.45) is -7.89. The van der Waals surface area contributed by atoms with Gasteiger partial charge in [-0.1, -0.05) is 66.7 Å². The van der Waals surface area contributed by atoms with Crippen LogP contribution in [0.25, 0.3) is 0 Å². The lowest BCUT2D eigenvalue weighted by Gasteiger charge is -2.45. The molecule has 0 spiro atoms. The Morgan fingerprint density at radius 1 is 0.803 bits per heavy atom. The molecule has 5 aromatic carbocycles. The minimum atomic E-state index is -5.32. The molecule has 2 saturated heterocycles. The molecule has 3 aliphatic heterocycles. The molecule has 19 nitrogen and oxygen atoms in total. The third-order valence-corrected chi connectivity index (χ3v) is 15.7. The second-order valence-electron chi connectivity index (χ2n) is 17.3. The third-order valence-electron chi connectivity index (χ3n) is 13.4. The van der Waals surface area contributed by atoms with Crippen molar-refractivity contribution in [2.24, 2.45) is 0 Å². The Bertz CT molecular complexity index is 2870. The summed E-state index contributed by atoms with van der Waals surface area (Å²) in [6, 6.07) is 31.1. The average Bonchev–Trinajstić information content (AvgIpc) is 3.96. The van der Waals surface area contributed by atoms with Gasteiger partial charge in [0, 0.05) is 17.7 Å². The fourth-order valence-corrected chi connectivity index (χ4v) is 11.6. The van der Waals surface area contributed by atoms with E-state index < -0.39 is 109 Å². The van der Waals surface area contributed by atoms with Crippen molar-refractivity contribution in [3.63, 3.8) is 0 Å². The summed E-state index contributed by atoms with van der Waals surface area (Å²) in [7, 11) is 0.561. The number of hydrogen-bond donors (Lipinski definition) is 3. The lowest BCUT2D eigenvalue weighted by atomic mass is 9.80. The van der Waals surface area contributed by atoms with Crippen LogP contribution in [0.15, 0.2) is 138 Å². The van der Waals surface area contributed by atoms with Crippen molar-refractivity contribution in [1.82, 2.24) is 4.90 Å². The molecule has 2 fully saturated rings. The molecular weight excluding hydrogens is 943 g/mol. The van der Waals surface area contributed by atoms with Crippen molar-refractivity contribution < 1.29 is 75.9 Å². The van der Waals surface area contributed by atoms with Crippen molar-refractivity contribution in [3.8, 4) is 23.0 Å². The van der Waals surface area contributed by atoms with Crippen LogP contribution < -0.4 is 18.9 Å². The molecule has 0 bridgehead atoms. The van der Waals surface area contributed by atoms with Crippen molar-refractivity contribution in [1.29, 1.82) is 0 Å². The van der Waals surface area contributed by atoms with E-state index >= 15 is 13.2 Å². The maximum Gasteiger partial charge on any atom is 0.435 e.